The molecule has 2 aromatic carbocycles. The third-order valence-electron chi connectivity index (χ3n) is 6.34. The fraction of sp³-hybridized carbons (Fsp3) is 0.259. The number of amides is 1. The normalized spacial score (nSPS) is 14.4. The molecule has 1 amide bonds. The summed E-state index contributed by atoms with van der Waals surface area (Å²) in [4.78, 5) is 19.0. The van der Waals surface area contributed by atoms with Crippen LogP contribution in [0, 0.1) is 6.92 Å². The zero-order chi connectivity index (χ0) is 26.7. The SMILES string of the molecule is Cc1ccc(C(=O)Nc2ccc(CN3CCOCC3)c(C(F)(F)F)c2)cc1-n1cc(-c2cccnc2)nn1. The molecular formula is C27H25F3N6O2. The van der Waals surface area contributed by atoms with Crippen LogP contribution in [0.4, 0.5) is 18.9 Å². The largest absolute Gasteiger partial charge is 0.416 e. The number of hydrogen-bond acceptors (Lipinski definition) is 6. The molecule has 196 valence electrons. The van der Waals surface area contributed by atoms with Crippen molar-refractivity contribution in [3.8, 4) is 16.9 Å². The van der Waals surface area contributed by atoms with Crippen molar-refractivity contribution in [3.05, 3.63) is 89.4 Å². The molecule has 0 saturated carbocycles. The number of carbonyl (C=O) groups excluding carboxylic acids is 1. The van der Waals surface area contributed by atoms with Gasteiger partial charge in [-0.15, -0.1) is 5.10 Å². The summed E-state index contributed by atoms with van der Waals surface area (Å²) in [5.41, 5.74) is 2.60. The zero-order valence-corrected chi connectivity index (χ0v) is 20.6. The van der Waals surface area contributed by atoms with Gasteiger partial charge in [0.2, 0.25) is 0 Å². The highest BCUT2D eigenvalue weighted by atomic mass is 19.4. The fourth-order valence-corrected chi connectivity index (χ4v) is 4.28. The first-order chi connectivity index (χ1) is 18.3. The van der Waals surface area contributed by atoms with Crippen LogP contribution in [0.3, 0.4) is 0 Å². The van der Waals surface area contributed by atoms with Gasteiger partial charge in [-0.2, -0.15) is 13.2 Å². The molecule has 2 aromatic heterocycles. The Morgan fingerprint density at radius 3 is 2.66 bits per heavy atom. The Kier molecular flexibility index (Phi) is 7.21. The van der Waals surface area contributed by atoms with Crippen molar-refractivity contribution in [3.63, 3.8) is 0 Å². The van der Waals surface area contributed by atoms with E-state index in [4.69, 9.17) is 4.74 Å². The molecule has 1 aliphatic heterocycles. The number of carbonyl (C=O) groups is 1. The van der Waals surface area contributed by atoms with E-state index < -0.39 is 17.6 Å². The van der Waals surface area contributed by atoms with Crippen LogP contribution in [-0.4, -0.2) is 57.1 Å². The van der Waals surface area contributed by atoms with Crippen molar-refractivity contribution < 1.29 is 22.7 Å². The van der Waals surface area contributed by atoms with Crippen molar-refractivity contribution in [1.29, 1.82) is 0 Å². The summed E-state index contributed by atoms with van der Waals surface area (Å²) in [6, 6.07) is 12.6. The highest BCUT2D eigenvalue weighted by Crippen LogP contribution is 2.35. The number of nitrogens with zero attached hydrogens (tertiary/aromatic N) is 5. The number of aryl methyl sites for hydroxylation is 1. The molecule has 11 heteroatoms. The monoisotopic (exact) mass is 522 g/mol. The second-order valence-electron chi connectivity index (χ2n) is 9.00. The maximum atomic E-state index is 13.9. The molecule has 38 heavy (non-hydrogen) atoms. The molecule has 0 radical (unpaired) electrons. The molecular weight excluding hydrogens is 497 g/mol. The van der Waals surface area contributed by atoms with Gasteiger partial charge in [0.1, 0.15) is 5.69 Å². The van der Waals surface area contributed by atoms with Crippen molar-refractivity contribution in [2.75, 3.05) is 31.6 Å². The van der Waals surface area contributed by atoms with E-state index in [1.807, 2.05) is 17.9 Å². The quantitative estimate of drug-likeness (QED) is 0.394. The van der Waals surface area contributed by atoms with Crippen molar-refractivity contribution >= 4 is 11.6 Å². The highest BCUT2D eigenvalue weighted by Gasteiger charge is 2.34. The molecule has 1 aliphatic rings. The fourth-order valence-electron chi connectivity index (χ4n) is 4.28. The lowest BCUT2D eigenvalue weighted by atomic mass is 10.0. The van der Waals surface area contributed by atoms with Crippen LogP contribution in [0.15, 0.2) is 67.1 Å². The first-order valence-electron chi connectivity index (χ1n) is 12.0. The number of nitrogens with one attached hydrogen (secondary N) is 1. The van der Waals surface area contributed by atoms with E-state index in [9.17, 15) is 18.0 Å². The van der Waals surface area contributed by atoms with Crippen LogP contribution < -0.4 is 5.32 Å². The topological polar surface area (TPSA) is 85.2 Å². The highest BCUT2D eigenvalue weighted by molar-refractivity contribution is 6.04. The standard InChI is InChI=1S/C27H25F3N6O2/c1-18-4-5-19(13-25(18)36-17-24(33-34-36)20-3-2-8-31-15-20)26(37)32-22-7-6-21(23(14-22)27(28,29)30)16-35-9-11-38-12-10-35/h2-8,13-15,17H,9-12,16H2,1H3,(H,32,37). The second-order valence-corrected chi connectivity index (χ2v) is 9.00. The van der Waals surface area contributed by atoms with Gasteiger partial charge in [-0.1, -0.05) is 17.3 Å². The number of aromatic nitrogens is 4. The van der Waals surface area contributed by atoms with Crippen molar-refractivity contribution in [2.45, 2.75) is 19.6 Å². The first kappa shape index (κ1) is 25.6. The minimum atomic E-state index is -4.56. The van der Waals surface area contributed by atoms with Crippen molar-refractivity contribution in [1.82, 2.24) is 24.9 Å². The van der Waals surface area contributed by atoms with Gasteiger partial charge in [0, 0.05) is 48.8 Å². The van der Waals surface area contributed by atoms with E-state index in [1.165, 1.54) is 12.1 Å². The van der Waals surface area contributed by atoms with Gasteiger partial charge in [-0.25, -0.2) is 4.68 Å². The van der Waals surface area contributed by atoms with Gasteiger partial charge in [-0.3, -0.25) is 14.7 Å². The number of alkyl halides is 3. The predicted molar refractivity (Wildman–Crippen MR) is 135 cm³/mol. The Bertz CT molecular complexity index is 1430. The van der Waals surface area contributed by atoms with Gasteiger partial charge in [0.25, 0.3) is 5.91 Å². The molecule has 0 spiro atoms. The first-order valence-corrected chi connectivity index (χ1v) is 12.0. The number of ether oxygens (including phenoxy) is 1. The van der Waals surface area contributed by atoms with E-state index in [2.05, 4.69) is 20.6 Å². The Morgan fingerprint density at radius 2 is 1.92 bits per heavy atom. The molecule has 0 unspecified atom stereocenters. The van der Waals surface area contributed by atoms with Crippen LogP contribution in [0.25, 0.3) is 16.9 Å². The molecule has 0 atom stereocenters. The molecule has 4 aromatic rings. The third kappa shape index (κ3) is 5.74. The van der Waals surface area contributed by atoms with Crippen LogP contribution in [0.2, 0.25) is 0 Å². The van der Waals surface area contributed by atoms with Crippen molar-refractivity contribution in [2.24, 2.45) is 0 Å². The lowest BCUT2D eigenvalue weighted by molar-refractivity contribution is -0.138. The maximum absolute atomic E-state index is 13.9. The average molecular weight is 523 g/mol. The number of morpholine rings is 1. The average Bonchev–Trinajstić information content (AvgIpc) is 3.40. The van der Waals surface area contributed by atoms with Gasteiger partial charge >= 0.3 is 6.18 Å². The maximum Gasteiger partial charge on any atom is 0.416 e. The van der Waals surface area contributed by atoms with E-state index in [-0.39, 0.29) is 23.4 Å². The molecule has 1 N–H and O–H groups in total. The minimum Gasteiger partial charge on any atom is -0.379 e. The van der Waals surface area contributed by atoms with Gasteiger partial charge in [0.15, 0.2) is 0 Å². The van der Waals surface area contributed by atoms with Crippen LogP contribution >= 0.6 is 0 Å². The molecule has 0 aliphatic carbocycles. The summed E-state index contributed by atoms with van der Waals surface area (Å²) in [5.74, 6) is -0.534. The lowest BCUT2D eigenvalue weighted by Crippen LogP contribution is -2.36. The number of anilines is 1. The summed E-state index contributed by atoms with van der Waals surface area (Å²) in [6.45, 7) is 4.15. The summed E-state index contributed by atoms with van der Waals surface area (Å²) in [7, 11) is 0. The molecule has 3 heterocycles. The summed E-state index contributed by atoms with van der Waals surface area (Å²) in [5, 5.41) is 11.0. The third-order valence-corrected chi connectivity index (χ3v) is 6.34. The van der Waals surface area contributed by atoms with E-state index in [0.717, 1.165) is 17.2 Å². The van der Waals surface area contributed by atoms with Gasteiger partial charge in [-0.05, 0) is 54.4 Å². The van der Waals surface area contributed by atoms with E-state index in [1.54, 1.807) is 47.5 Å². The number of pyridine rings is 1. The summed E-state index contributed by atoms with van der Waals surface area (Å²) >= 11 is 0. The number of halogens is 3. The molecule has 1 saturated heterocycles. The second kappa shape index (κ2) is 10.7. The Hall–Kier alpha value is -4.09. The zero-order valence-electron chi connectivity index (χ0n) is 20.6. The van der Waals surface area contributed by atoms with Crippen LogP contribution in [0.1, 0.15) is 27.0 Å². The van der Waals surface area contributed by atoms with E-state index in [0.29, 0.717) is 37.7 Å². The molecule has 1 fully saturated rings. The molecule has 8 nitrogen and oxygen atoms in total. The number of hydrogen-bond donors (Lipinski definition) is 1. The Morgan fingerprint density at radius 1 is 1.11 bits per heavy atom. The van der Waals surface area contributed by atoms with Crippen LogP contribution in [-0.2, 0) is 17.5 Å². The predicted octanol–water partition coefficient (Wildman–Crippen LogP) is 4.74. The Balaban J connectivity index is 1.37. The van der Waals surface area contributed by atoms with Gasteiger partial charge < -0.3 is 10.1 Å². The van der Waals surface area contributed by atoms with Crippen LogP contribution in [0.5, 0.6) is 0 Å². The summed E-state index contributed by atoms with van der Waals surface area (Å²) in [6.07, 6.45) is 0.504. The summed E-state index contributed by atoms with van der Waals surface area (Å²) < 4.78 is 48.5. The molecule has 0 bridgehead atoms. The van der Waals surface area contributed by atoms with Gasteiger partial charge in [0.05, 0.1) is 30.7 Å². The minimum absolute atomic E-state index is 0.0646. The number of rotatable bonds is 6. The lowest BCUT2D eigenvalue weighted by Gasteiger charge is -2.27. The molecule has 5 rings (SSSR count). The smallest absolute Gasteiger partial charge is 0.379 e. The number of benzene rings is 2. The Labute approximate surface area is 217 Å². The van der Waals surface area contributed by atoms with E-state index >= 15 is 0 Å².